The number of rotatable bonds is 5. The summed E-state index contributed by atoms with van der Waals surface area (Å²) in [6.45, 7) is 0.911. The first-order valence-corrected chi connectivity index (χ1v) is 5.98. The SMILES string of the molecule is COCCCC[C@H]1CCCC=C1Br. The van der Waals surface area contributed by atoms with Crippen molar-refractivity contribution >= 4 is 15.9 Å². The predicted octanol–water partition coefficient (Wildman–Crippen LogP) is 3.88. The molecule has 0 spiro atoms. The summed E-state index contributed by atoms with van der Waals surface area (Å²) >= 11 is 3.65. The standard InChI is InChI=1S/C11H19BrO/c1-13-9-5-4-7-10-6-2-3-8-11(10)12/h8,10H,2-7,9H2,1H3/t10-/m1/s1. The van der Waals surface area contributed by atoms with E-state index in [2.05, 4.69) is 22.0 Å². The highest BCUT2D eigenvalue weighted by Crippen LogP contribution is 2.32. The van der Waals surface area contributed by atoms with Crippen LogP contribution in [0.2, 0.25) is 0 Å². The van der Waals surface area contributed by atoms with Crippen molar-refractivity contribution in [1.29, 1.82) is 0 Å². The van der Waals surface area contributed by atoms with Gasteiger partial charge in [0, 0.05) is 13.7 Å². The number of allylic oxidation sites excluding steroid dienone is 2. The van der Waals surface area contributed by atoms with Gasteiger partial charge in [-0.25, -0.2) is 0 Å². The lowest BCUT2D eigenvalue weighted by Gasteiger charge is -2.20. The summed E-state index contributed by atoms with van der Waals surface area (Å²) in [6.07, 6.45) is 10.1. The van der Waals surface area contributed by atoms with E-state index in [1.54, 1.807) is 7.11 Å². The number of methoxy groups -OCH3 is 1. The van der Waals surface area contributed by atoms with Crippen molar-refractivity contribution in [3.63, 3.8) is 0 Å². The van der Waals surface area contributed by atoms with E-state index in [-0.39, 0.29) is 0 Å². The quantitative estimate of drug-likeness (QED) is 0.670. The first-order chi connectivity index (χ1) is 6.34. The molecule has 1 aliphatic rings. The van der Waals surface area contributed by atoms with Crippen LogP contribution >= 0.6 is 15.9 Å². The van der Waals surface area contributed by atoms with Gasteiger partial charge in [0.25, 0.3) is 0 Å². The Morgan fingerprint density at radius 2 is 2.38 bits per heavy atom. The lowest BCUT2D eigenvalue weighted by atomic mass is 9.91. The van der Waals surface area contributed by atoms with Gasteiger partial charge in [-0.1, -0.05) is 28.4 Å². The smallest absolute Gasteiger partial charge is 0.0462 e. The molecule has 0 radical (unpaired) electrons. The molecule has 0 heterocycles. The molecule has 0 aromatic heterocycles. The summed E-state index contributed by atoms with van der Waals surface area (Å²) in [4.78, 5) is 0. The molecule has 0 aromatic rings. The highest BCUT2D eigenvalue weighted by atomic mass is 79.9. The van der Waals surface area contributed by atoms with Crippen LogP contribution in [-0.2, 0) is 4.74 Å². The Balaban J connectivity index is 2.13. The molecular formula is C11H19BrO. The molecule has 0 fully saturated rings. The number of unbranched alkanes of at least 4 members (excludes halogenated alkanes) is 1. The molecule has 0 bridgehead atoms. The van der Waals surface area contributed by atoms with E-state index in [0.717, 1.165) is 12.5 Å². The van der Waals surface area contributed by atoms with E-state index < -0.39 is 0 Å². The Kier molecular flexibility index (Phi) is 5.72. The predicted molar refractivity (Wildman–Crippen MR) is 60.1 cm³/mol. The fraction of sp³-hybridized carbons (Fsp3) is 0.818. The normalized spacial score (nSPS) is 22.9. The van der Waals surface area contributed by atoms with Gasteiger partial charge in [-0.15, -0.1) is 0 Å². The van der Waals surface area contributed by atoms with Gasteiger partial charge in [0.05, 0.1) is 0 Å². The van der Waals surface area contributed by atoms with Gasteiger partial charge in [-0.3, -0.25) is 0 Å². The van der Waals surface area contributed by atoms with Crippen molar-refractivity contribution in [3.05, 3.63) is 10.6 Å². The molecule has 1 aliphatic carbocycles. The van der Waals surface area contributed by atoms with Crippen LogP contribution in [0.3, 0.4) is 0 Å². The van der Waals surface area contributed by atoms with Crippen molar-refractivity contribution in [1.82, 2.24) is 0 Å². The first kappa shape index (κ1) is 11.3. The topological polar surface area (TPSA) is 9.23 Å². The summed E-state index contributed by atoms with van der Waals surface area (Å²) in [5.74, 6) is 0.797. The van der Waals surface area contributed by atoms with E-state index in [1.165, 1.54) is 43.0 Å². The highest BCUT2D eigenvalue weighted by molar-refractivity contribution is 9.11. The van der Waals surface area contributed by atoms with Crippen LogP contribution in [0.15, 0.2) is 10.6 Å². The zero-order valence-electron chi connectivity index (χ0n) is 8.39. The van der Waals surface area contributed by atoms with Crippen LogP contribution in [-0.4, -0.2) is 13.7 Å². The summed E-state index contributed by atoms with van der Waals surface area (Å²) < 4.78 is 6.47. The molecule has 13 heavy (non-hydrogen) atoms. The van der Waals surface area contributed by atoms with Crippen molar-refractivity contribution < 1.29 is 4.74 Å². The molecule has 76 valence electrons. The molecule has 0 aromatic carbocycles. The Labute approximate surface area is 89.7 Å². The molecule has 2 heteroatoms. The number of ether oxygens (including phenoxy) is 1. The summed E-state index contributed by atoms with van der Waals surface area (Å²) in [6, 6.07) is 0. The second kappa shape index (κ2) is 6.61. The lowest BCUT2D eigenvalue weighted by molar-refractivity contribution is 0.190. The maximum absolute atomic E-state index is 5.03. The van der Waals surface area contributed by atoms with Crippen LogP contribution in [0.5, 0.6) is 0 Å². The van der Waals surface area contributed by atoms with Gasteiger partial charge in [-0.2, -0.15) is 0 Å². The molecule has 0 aliphatic heterocycles. The summed E-state index contributed by atoms with van der Waals surface area (Å²) in [5, 5.41) is 0. The number of hydrogen-bond acceptors (Lipinski definition) is 1. The minimum absolute atomic E-state index is 0.797. The minimum atomic E-state index is 0.797. The van der Waals surface area contributed by atoms with Crippen LogP contribution in [0, 0.1) is 5.92 Å². The van der Waals surface area contributed by atoms with E-state index in [9.17, 15) is 0 Å². The Bertz CT molecular complexity index is 165. The zero-order valence-corrected chi connectivity index (χ0v) is 9.98. The van der Waals surface area contributed by atoms with Crippen LogP contribution < -0.4 is 0 Å². The molecule has 1 atom stereocenters. The molecule has 0 N–H and O–H groups in total. The third-order valence-corrected chi connectivity index (χ3v) is 3.61. The maximum Gasteiger partial charge on any atom is 0.0462 e. The molecular weight excluding hydrogens is 228 g/mol. The Morgan fingerprint density at radius 1 is 1.54 bits per heavy atom. The minimum Gasteiger partial charge on any atom is -0.385 e. The Morgan fingerprint density at radius 3 is 3.08 bits per heavy atom. The second-order valence-corrected chi connectivity index (χ2v) is 4.62. The van der Waals surface area contributed by atoms with Crippen LogP contribution in [0.25, 0.3) is 0 Å². The van der Waals surface area contributed by atoms with Crippen LogP contribution in [0.1, 0.15) is 38.5 Å². The largest absolute Gasteiger partial charge is 0.385 e. The van der Waals surface area contributed by atoms with Gasteiger partial charge in [-0.05, 0) is 42.5 Å². The van der Waals surface area contributed by atoms with Crippen molar-refractivity contribution in [3.8, 4) is 0 Å². The summed E-state index contributed by atoms with van der Waals surface area (Å²) in [7, 11) is 1.77. The molecule has 1 nitrogen and oxygen atoms in total. The third-order valence-electron chi connectivity index (χ3n) is 2.64. The average molecular weight is 247 g/mol. The monoisotopic (exact) mass is 246 g/mol. The van der Waals surface area contributed by atoms with Gasteiger partial charge >= 0.3 is 0 Å². The van der Waals surface area contributed by atoms with Crippen molar-refractivity contribution in [2.45, 2.75) is 38.5 Å². The number of hydrogen-bond donors (Lipinski definition) is 0. The maximum atomic E-state index is 5.03. The van der Waals surface area contributed by atoms with Crippen LogP contribution in [0.4, 0.5) is 0 Å². The molecule has 0 saturated carbocycles. The van der Waals surface area contributed by atoms with E-state index in [4.69, 9.17) is 4.74 Å². The van der Waals surface area contributed by atoms with Crippen molar-refractivity contribution in [2.75, 3.05) is 13.7 Å². The highest BCUT2D eigenvalue weighted by Gasteiger charge is 2.14. The van der Waals surface area contributed by atoms with Gasteiger partial charge in [0.1, 0.15) is 0 Å². The fourth-order valence-corrected chi connectivity index (χ4v) is 2.51. The molecule has 1 rings (SSSR count). The van der Waals surface area contributed by atoms with E-state index in [1.807, 2.05) is 0 Å². The number of halogens is 1. The second-order valence-electron chi connectivity index (χ2n) is 3.71. The zero-order chi connectivity index (χ0) is 9.52. The molecule has 0 amide bonds. The molecule has 0 saturated heterocycles. The van der Waals surface area contributed by atoms with Gasteiger partial charge in [0.15, 0.2) is 0 Å². The molecule has 0 unspecified atom stereocenters. The first-order valence-electron chi connectivity index (χ1n) is 5.19. The lowest BCUT2D eigenvalue weighted by Crippen LogP contribution is -2.05. The van der Waals surface area contributed by atoms with E-state index in [0.29, 0.717) is 0 Å². The van der Waals surface area contributed by atoms with E-state index >= 15 is 0 Å². The summed E-state index contributed by atoms with van der Waals surface area (Å²) in [5.41, 5.74) is 0. The van der Waals surface area contributed by atoms with Crippen molar-refractivity contribution in [2.24, 2.45) is 5.92 Å². The van der Waals surface area contributed by atoms with Gasteiger partial charge < -0.3 is 4.74 Å². The fourth-order valence-electron chi connectivity index (χ4n) is 1.83. The third kappa shape index (κ3) is 4.28. The van der Waals surface area contributed by atoms with Gasteiger partial charge in [0.2, 0.25) is 0 Å². The average Bonchev–Trinajstić information content (AvgIpc) is 2.15. The Hall–Kier alpha value is 0.180.